The minimum absolute atomic E-state index is 0.340. The summed E-state index contributed by atoms with van der Waals surface area (Å²) in [5.41, 5.74) is 5.59. The van der Waals surface area contributed by atoms with Gasteiger partial charge in [-0.15, -0.1) is 11.3 Å². The number of nitrogens with zero attached hydrogens (tertiary/aromatic N) is 2. The number of ether oxygens (including phenoxy) is 2. The molecule has 0 aliphatic carbocycles. The van der Waals surface area contributed by atoms with Gasteiger partial charge in [-0.25, -0.2) is 9.78 Å². The van der Waals surface area contributed by atoms with Gasteiger partial charge in [0.25, 0.3) is 0 Å². The first-order valence-corrected chi connectivity index (χ1v) is 10.3. The van der Waals surface area contributed by atoms with Crippen LogP contribution in [-0.4, -0.2) is 35.5 Å². The van der Waals surface area contributed by atoms with Crippen molar-refractivity contribution in [2.24, 2.45) is 5.10 Å². The second-order valence-corrected chi connectivity index (χ2v) is 7.43. The van der Waals surface area contributed by atoms with Crippen molar-refractivity contribution in [3.63, 3.8) is 0 Å². The first-order chi connectivity index (χ1) is 14.1. The molecule has 2 N–H and O–H groups in total. The van der Waals surface area contributed by atoms with Gasteiger partial charge in [0.2, 0.25) is 5.13 Å². The molecule has 0 aliphatic rings. The Morgan fingerprint density at radius 1 is 1.31 bits per heavy atom. The molecule has 1 aromatic heterocycles. The summed E-state index contributed by atoms with van der Waals surface area (Å²) in [5.74, 6) is -0.288. The maximum Gasteiger partial charge on any atom is 0.341 e. The number of carbonyl (C=O) groups is 1. The third kappa shape index (κ3) is 5.78. The van der Waals surface area contributed by atoms with Gasteiger partial charge >= 0.3 is 5.97 Å². The normalized spacial score (nSPS) is 10.8. The van der Waals surface area contributed by atoms with Gasteiger partial charge in [0, 0.05) is 10.9 Å². The van der Waals surface area contributed by atoms with Crippen molar-refractivity contribution in [1.29, 1.82) is 0 Å². The average Bonchev–Trinajstić information content (AvgIpc) is 3.17. The quantitative estimate of drug-likeness (QED) is 0.338. The number of carboxylic acid groups (broad SMARTS) is 1. The maximum absolute atomic E-state index is 10.8. The second kappa shape index (κ2) is 10.0. The number of rotatable bonds is 9. The molecular weight excluding hydrogens is 458 g/mol. The Hall–Kier alpha value is -2.91. The highest BCUT2D eigenvalue weighted by Gasteiger charge is 2.13. The Labute approximate surface area is 180 Å². The highest BCUT2D eigenvalue weighted by Crippen LogP contribution is 2.36. The van der Waals surface area contributed by atoms with Gasteiger partial charge < -0.3 is 14.6 Å². The zero-order chi connectivity index (χ0) is 20.6. The van der Waals surface area contributed by atoms with Crippen LogP contribution in [0.1, 0.15) is 12.5 Å². The summed E-state index contributed by atoms with van der Waals surface area (Å²) in [5, 5.41) is 15.7. The van der Waals surface area contributed by atoms with E-state index in [9.17, 15) is 4.79 Å². The van der Waals surface area contributed by atoms with Crippen molar-refractivity contribution in [2.45, 2.75) is 6.92 Å². The van der Waals surface area contributed by atoms with Crippen LogP contribution in [-0.2, 0) is 4.79 Å². The highest BCUT2D eigenvalue weighted by molar-refractivity contribution is 9.10. The van der Waals surface area contributed by atoms with Crippen LogP contribution in [0.3, 0.4) is 0 Å². The summed E-state index contributed by atoms with van der Waals surface area (Å²) < 4.78 is 11.5. The molecule has 0 atom stereocenters. The van der Waals surface area contributed by atoms with Gasteiger partial charge in [-0.3, -0.25) is 5.43 Å². The van der Waals surface area contributed by atoms with Crippen LogP contribution < -0.4 is 14.9 Å². The molecule has 7 nitrogen and oxygen atoms in total. The number of hydrogen-bond donors (Lipinski definition) is 2. The Morgan fingerprint density at radius 3 is 2.83 bits per heavy atom. The molecule has 0 bridgehead atoms. The molecule has 2 aromatic carbocycles. The van der Waals surface area contributed by atoms with Gasteiger partial charge in [0.1, 0.15) is 0 Å². The molecule has 0 amide bonds. The van der Waals surface area contributed by atoms with Gasteiger partial charge in [0.05, 0.1) is 23.0 Å². The van der Waals surface area contributed by atoms with Crippen LogP contribution in [0.15, 0.2) is 57.4 Å². The van der Waals surface area contributed by atoms with Crippen molar-refractivity contribution in [1.82, 2.24) is 4.98 Å². The fraction of sp³-hybridized carbons (Fsp3) is 0.150. The van der Waals surface area contributed by atoms with Crippen molar-refractivity contribution in [3.8, 4) is 22.8 Å². The number of thiazole rings is 1. The van der Waals surface area contributed by atoms with Crippen molar-refractivity contribution < 1.29 is 19.4 Å². The van der Waals surface area contributed by atoms with Crippen LogP contribution in [0.25, 0.3) is 11.3 Å². The van der Waals surface area contributed by atoms with Crippen LogP contribution in [0.4, 0.5) is 5.13 Å². The number of halogens is 1. The van der Waals surface area contributed by atoms with Crippen LogP contribution in [0.5, 0.6) is 11.5 Å². The molecule has 1 heterocycles. The van der Waals surface area contributed by atoms with Crippen molar-refractivity contribution in [2.75, 3.05) is 18.6 Å². The highest BCUT2D eigenvalue weighted by atomic mass is 79.9. The Bertz CT molecular complexity index is 1010. The molecule has 29 heavy (non-hydrogen) atoms. The zero-order valence-electron chi connectivity index (χ0n) is 15.5. The topological polar surface area (TPSA) is 93.0 Å². The summed E-state index contributed by atoms with van der Waals surface area (Å²) in [4.78, 5) is 15.3. The Kier molecular flexibility index (Phi) is 7.20. The Balaban J connectivity index is 1.71. The minimum atomic E-state index is -1.06. The number of benzene rings is 2. The van der Waals surface area contributed by atoms with E-state index in [2.05, 4.69) is 31.4 Å². The van der Waals surface area contributed by atoms with Crippen molar-refractivity contribution >= 4 is 44.6 Å². The number of aromatic nitrogens is 1. The standard InChI is InChI=1S/C20H18BrN3O4S/c1-2-27-17-9-13(8-15(21)19(17)28-11-18(25)26)10-22-24-20-23-16(12-29-20)14-6-4-3-5-7-14/h3-10,12H,2,11H2,1H3,(H,23,24)(H,25,26). The van der Waals surface area contributed by atoms with Crippen LogP contribution in [0, 0.1) is 0 Å². The molecule has 150 valence electrons. The van der Waals surface area contributed by atoms with E-state index in [4.69, 9.17) is 14.6 Å². The van der Waals surface area contributed by atoms with Gasteiger partial charge in [-0.2, -0.15) is 5.10 Å². The number of anilines is 1. The van der Waals surface area contributed by atoms with E-state index in [1.807, 2.05) is 42.6 Å². The van der Waals surface area contributed by atoms with Crippen LogP contribution >= 0.6 is 27.3 Å². The van der Waals surface area contributed by atoms with E-state index >= 15 is 0 Å². The van der Waals surface area contributed by atoms with Gasteiger partial charge in [0.15, 0.2) is 18.1 Å². The number of aliphatic carboxylic acids is 1. The molecular formula is C20H18BrN3O4S. The average molecular weight is 476 g/mol. The lowest BCUT2D eigenvalue weighted by molar-refractivity contribution is -0.139. The smallest absolute Gasteiger partial charge is 0.341 e. The van der Waals surface area contributed by atoms with E-state index in [-0.39, 0.29) is 0 Å². The lowest BCUT2D eigenvalue weighted by Gasteiger charge is -2.13. The third-order valence-corrected chi connectivity index (χ3v) is 4.96. The van der Waals surface area contributed by atoms with Gasteiger partial charge in [-0.1, -0.05) is 30.3 Å². The lowest BCUT2D eigenvalue weighted by atomic mass is 10.2. The molecule has 0 spiro atoms. The SMILES string of the molecule is CCOc1cc(C=NNc2nc(-c3ccccc3)cs2)cc(Br)c1OCC(=O)O. The summed E-state index contributed by atoms with van der Waals surface area (Å²) in [6, 6.07) is 13.4. The molecule has 0 saturated carbocycles. The molecule has 0 unspecified atom stereocenters. The summed E-state index contributed by atoms with van der Waals surface area (Å²) in [7, 11) is 0. The summed E-state index contributed by atoms with van der Waals surface area (Å²) >= 11 is 4.85. The third-order valence-electron chi connectivity index (χ3n) is 3.62. The first kappa shape index (κ1) is 20.8. The summed E-state index contributed by atoms with van der Waals surface area (Å²) in [6.07, 6.45) is 1.62. The molecule has 9 heteroatoms. The Morgan fingerprint density at radius 2 is 2.10 bits per heavy atom. The predicted molar refractivity (Wildman–Crippen MR) is 117 cm³/mol. The zero-order valence-corrected chi connectivity index (χ0v) is 17.9. The number of hydrogen-bond acceptors (Lipinski definition) is 7. The molecule has 3 rings (SSSR count). The van der Waals surface area contributed by atoms with Crippen LogP contribution in [0.2, 0.25) is 0 Å². The van der Waals surface area contributed by atoms with E-state index in [0.29, 0.717) is 27.7 Å². The number of carboxylic acids is 1. The van der Waals surface area contributed by atoms with E-state index in [1.165, 1.54) is 11.3 Å². The number of hydrazone groups is 1. The van der Waals surface area contributed by atoms with E-state index in [1.54, 1.807) is 18.3 Å². The predicted octanol–water partition coefficient (Wildman–Crippen LogP) is 4.88. The molecule has 0 radical (unpaired) electrons. The minimum Gasteiger partial charge on any atom is -0.490 e. The molecule has 0 fully saturated rings. The fourth-order valence-corrected chi connectivity index (χ4v) is 3.67. The maximum atomic E-state index is 10.8. The molecule has 0 aliphatic heterocycles. The lowest BCUT2D eigenvalue weighted by Crippen LogP contribution is -2.11. The monoisotopic (exact) mass is 475 g/mol. The van der Waals surface area contributed by atoms with Gasteiger partial charge in [-0.05, 0) is 40.5 Å². The number of nitrogens with one attached hydrogen (secondary N) is 1. The van der Waals surface area contributed by atoms with E-state index in [0.717, 1.165) is 16.8 Å². The molecule has 3 aromatic rings. The second-order valence-electron chi connectivity index (χ2n) is 5.72. The van der Waals surface area contributed by atoms with Crippen molar-refractivity contribution in [3.05, 3.63) is 57.9 Å². The van der Waals surface area contributed by atoms with E-state index < -0.39 is 12.6 Å². The summed E-state index contributed by atoms with van der Waals surface area (Å²) in [6.45, 7) is 1.79. The first-order valence-electron chi connectivity index (χ1n) is 8.67. The largest absolute Gasteiger partial charge is 0.490 e. The fourth-order valence-electron chi connectivity index (χ4n) is 2.43. The molecule has 0 saturated heterocycles.